The fourth-order valence-corrected chi connectivity index (χ4v) is 5.02. The second-order valence-electron chi connectivity index (χ2n) is 9.03. The van der Waals surface area contributed by atoms with Gasteiger partial charge in [-0.1, -0.05) is 24.4 Å². The Morgan fingerprint density at radius 1 is 1.03 bits per heavy atom. The maximum absolute atomic E-state index is 12.6. The zero-order chi connectivity index (χ0) is 23.2. The van der Waals surface area contributed by atoms with Crippen LogP contribution in [0.3, 0.4) is 0 Å². The first-order valence-electron chi connectivity index (χ1n) is 11.9. The number of nitrogens with zero attached hydrogens (tertiary/aromatic N) is 2. The molecule has 4 rings (SSSR count). The molecule has 2 heterocycles. The molecular formula is C25H35N3O5. The van der Waals surface area contributed by atoms with E-state index in [1.165, 1.54) is 19.3 Å². The lowest BCUT2D eigenvalue weighted by Gasteiger charge is -2.32. The largest absolute Gasteiger partial charge is 0.493 e. The average Bonchev–Trinajstić information content (AvgIpc) is 3.35. The highest BCUT2D eigenvalue weighted by atomic mass is 16.5. The number of hydrogen-bond acceptors (Lipinski definition) is 7. The summed E-state index contributed by atoms with van der Waals surface area (Å²) in [6, 6.07) is 6.07. The van der Waals surface area contributed by atoms with Gasteiger partial charge in [-0.05, 0) is 49.9 Å². The fourth-order valence-electron chi connectivity index (χ4n) is 5.02. The van der Waals surface area contributed by atoms with Crippen molar-refractivity contribution in [3.8, 4) is 17.2 Å². The molecule has 180 valence electrons. The van der Waals surface area contributed by atoms with E-state index in [4.69, 9.17) is 18.7 Å². The van der Waals surface area contributed by atoms with Crippen molar-refractivity contribution in [2.45, 2.75) is 63.5 Å². The van der Waals surface area contributed by atoms with Gasteiger partial charge in [-0.15, -0.1) is 0 Å². The van der Waals surface area contributed by atoms with Gasteiger partial charge in [-0.3, -0.25) is 9.69 Å². The topological polar surface area (TPSA) is 86.1 Å². The van der Waals surface area contributed by atoms with Crippen molar-refractivity contribution >= 4 is 5.91 Å². The standard InChI is InChI=1S/C25H35N3O5/c1-30-21-12-17(13-22(31-2)24(21)32-3)15-28-11-7-8-18(16-28)20-14-23(33-27-20)25(29)26-19-9-5-4-6-10-19/h12-14,18-19H,4-11,15-16H2,1-3H3,(H,26,29)/t18-/m1/s1. The molecule has 0 unspecified atom stereocenters. The van der Waals surface area contributed by atoms with Crippen LogP contribution >= 0.6 is 0 Å². The maximum atomic E-state index is 12.6. The van der Waals surface area contributed by atoms with Crippen LogP contribution < -0.4 is 19.5 Å². The number of benzene rings is 1. The third kappa shape index (κ3) is 5.61. The van der Waals surface area contributed by atoms with E-state index in [1.54, 1.807) is 21.3 Å². The summed E-state index contributed by atoms with van der Waals surface area (Å²) in [5.74, 6) is 2.32. The van der Waals surface area contributed by atoms with Crippen molar-refractivity contribution < 1.29 is 23.5 Å². The number of ether oxygens (including phenoxy) is 3. The van der Waals surface area contributed by atoms with E-state index in [0.717, 1.165) is 56.6 Å². The molecule has 1 aromatic heterocycles. The zero-order valence-electron chi connectivity index (χ0n) is 19.9. The number of methoxy groups -OCH3 is 3. The van der Waals surface area contributed by atoms with E-state index in [1.807, 2.05) is 18.2 Å². The molecule has 1 aliphatic heterocycles. The first-order valence-corrected chi connectivity index (χ1v) is 11.9. The van der Waals surface area contributed by atoms with E-state index in [9.17, 15) is 4.79 Å². The minimum Gasteiger partial charge on any atom is -0.493 e. The summed E-state index contributed by atoms with van der Waals surface area (Å²) >= 11 is 0. The molecule has 0 radical (unpaired) electrons. The van der Waals surface area contributed by atoms with Crippen LogP contribution in [0.1, 0.15) is 72.7 Å². The molecule has 1 saturated carbocycles. The lowest BCUT2D eigenvalue weighted by Crippen LogP contribution is -2.36. The number of likely N-dealkylation sites (tertiary alicyclic amines) is 1. The molecule has 8 heteroatoms. The normalized spacial score (nSPS) is 19.8. The third-order valence-electron chi connectivity index (χ3n) is 6.75. The monoisotopic (exact) mass is 457 g/mol. The molecule has 1 aromatic carbocycles. The second kappa shape index (κ2) is 10.9. The van der Waals surface area contributed by atoms with Crippen LogP contribution in [-0.2, 0) is 6.54 Å². The Labute approximate surface area is 195 Å². The summed E-state index contributed by atoms with van der Waals surface area (Å²) in [6.07, 6.45) is 7.80. The zero-order valence-corrected chi connectivity index (χ0v) is 19.9. The molecular weight excluding hydrogens is 422 g/mol. The van der Waals surface area contributed by atoms with Gasteiger partial charge in [0.05, 0.1) is 27.0 Å². The van der Waals surface area contributed by atoms with Crippen molar-refractivity contribution in [2.24, 2.45) is 0 Å². The third-order valence-corrected chi connectivity index (χ3v) is 6.75. The molecule has 8 nitrogen and oxygen atoms in total. The number of hydrogen-bond donors (Lipinski definition) is 1. The number of carbonyl (C=O) groups excluding carboxylic acids is 1. The SMILES string of the molecule is COc1cc(CN2CCC[C@@H](c3cc(C(=O)NC4CCCCC4)on3)C2)cc(OC)c1OC. The van der Waals surface area contributed by atoms with Crippen LogP contribution in [0, 0.1) is 0 Å². The summed E-state index contributed by atoms with van der Waals surface area (Å²) in [5.41, 5.74) is 1.95. The Hall–Kier alpha value is -2.74. The van der Waals surface area contributed by atoms with Gasteiger partial charge in [-0.2, -0.15) is 0 Å². The highest BCUT2D eigenvalue weighted by molar-refractivity contribution is 5.91. The highest BCUT2D eigenvalue weighted by Gasteiger charge is 2.27. The lowest BCUT2D eigenvalue weighted by molar-refractivity contribution is 0.0890. The summed E-state index contributed by atoms with van der Waals surface area (Å²) in [5, 5.41) is 7.36. The number of piperidine rings is 1. The summed E-state index contributed by atoms with van der Waals surface area (Å²) < 4.78 is 21.9. The van der Waals surface area contributed by atoms with Gasteiger partial charge in [0.1, 0.15) is 0 Å². The van der Waals surface area contributed by atoms with Crippen molar-refractivity contribution in [1.29, 1.82) is 0 Å². The van der Waals surface area contributed by atoms with Gasteiger partial charge in [0.2, 0.25) is 11.5 Å². The van der Waals surface area contributed by atoms with E-state index in [0.29, 0.717) is 23.0 Å². The molecule has 2 aliphatic rings. The molecule has 2 aromatic rings. The summed E-state index contributed by atoms with van der Waals surface area (Å²) in [6.45, 7) is 2.62. The summed E-state index contributed by atoms with van der Waals surface area (Å²) in [4.78, 5) is 15.0. The van der Waals surface area contributed by atoms with Gasteiger partial charge in [0, 0.05) is 31.1 Å². The smallest absolute Gasteiger partial charge is 0.290 e. The first kappa shape index (κ1) is 23.4. The van der Waals surface area contributed by atoms with Gasteiger partial charge < -0.3 is 24.1 Å². The predicted octanol–water partition coefficient (Wildman–Crippen LogP) is 4.14. The Balaban J connectivity index is 1.39. The highest BCUT2D eigenvalue weighted by Crippen LogP contribution is 2.39. The summed E-state index contributed by atoms with van der Waals surface area (Å²) in [7, 11) is 4.87. The Bertz CT molecular complexity index is 913. The van der Waals surface area contributed by atoms with Crippen LogP contribution in [0.4, 0.5) is 0 Å². The number of rotatable bonds is 8. The molecule has 2 fully saturated rings. The second-order valence-corrected chi connectivity index (χ2v) is 9.03. The number of nitrogens with one attached hydrogen (secondary N) is 1. The van der Waals surface area contributed by atoms with Crippen LogP contribution in [0.25, 0.3) is 0 Å². The number of amides is 1. The molecule has 1 aliphatic carbocycles. The fraction of sp³-hybridized carbons (Fsp3) is 0.600. The van der Waals surface area contributed by atoms with E-state index >= 15 is 0 Å². The van der Waals surface area contributed by atoms with Gasteiger partial charge in [0.25, 0.3) is 5.91 Å². The van der Waals surface area contributed by atoms with Crippen LogP contribution in [0.15, 0.2) is 22.7 Å². The van der Waals surface area contributed by atoms with Crippen molar-refractivity contribution in [3.05, 3.63) is 35.2 Å². The predicted molar refractivity (Wildman–Crippen MR) is 124 cm³/mol. The van der Waals surface area contributed by atoms with Crippen LogP contribution in [0.5, 0.6) is 17.2 Å². The van der Waals surface area contributed by atoms with Crippen LogP contribution in [0.2, 0.25) is 0 Å². The van der Waals surface area contributed by atoms with E-state index in [-0.39, 0.29) is 17.9 Å². The molecule has 0 bridgehead atoms. The molecule has 0 spiro atoms. The van der Waals surface area contributed by atoms with Crippen molar-refractivity contribution in [1.82, 2.24) is 15.4 Å². The Morgan fingerprint density at radius 2 is 1.76 bits per heavy atom. The average molecular weight is 458 g/mol. The van der Waals surface area contributed by atoms with Crippen LogP contribution in [-0.4, -0.2) is 56.4 Å². The van der Waals surface area contributed by atoms with Gasteiger partial charge in [-0.25, -0.2) is 0 Å². The molecule has 1 N–H and O–H groups in total. The Morgan fingerprint density at radius 3 is 2.42 bits per heavy atom. The van der Waals surface area contributed by atoms with E-state index in [2.05, 4.69) is 15.4 Å². The minimum absolute atomic E-state index is 0.147. The molecule has 1 amide bonds. The first-order chi connectivity index (χ1) is 16.1. The molecule has 1 atom stereocenters. The van der Waals surface area contributed by atoms with Crippen molar-refractivity contribution in [3.63, 3.8) is 0 Å². The maximum Gasteiger partial charge on any atom is 0.290 e. The number of carbonyl (C=O) groups is 1. The quantitative estimate of drug-likeness (QED) is 0.637. The lowest BCUT2D eigenvalue weighted by atomic mass is 9.94. The van der Waals surface area contributed by atoms with E-state index < -0.39 is 0 Å². The van der Waals surface area contributed by atoms with Crippen molar-refractivity contribution in [2.75, 3.05) is 34.4 Å². The van der Waals surface area contributed by atoms with Gasteiger partial charge >= 0.3 is 0 Å². The number of aromatic nitrogens is 1. The minimum atomic E-state index is -0.147. The van der Waals surface area contributed by atoms with Gasteiger partial charge in [0.15, 0.2) is 11.5 Å². The molecule has 33 heavy (non-hydrogen) atoms. The Kier molecular flexibility index (Phi) is 7.75. The molecule has 1 saturated heterocycles.